The summed E-state index contributed by atoms with van der Waals surface area (Å²) >= 11 is 0.149. The van der Waals surface area contributed by atoms with Gasteiger partial charge in [0, 0.05) is 12.8 Å². The van der Waals surface area contributed by atoms with E-state index in [9.17, 15) is 20.1 Å². The van der Waals surface area contributed by atoms with Crippen molar-refractivity contribution in [2.45, 2.75) is 191 Å². The van der Waals surface area contributed by atoms with Crippen LogP contribution in [0.4, 0.5) is 0 Å². The molecule has 0 fully saturated rings. The topological polar surface area (TPSA) is 98.7 Å². The molecule has 0 radical (unpaired) electrons. The molecular formula is C32H64O6Sn. The van der Waals surface area contributed by atoms with Gasteiger partial charge in [0.05, 0.1) is 0 Å². The standard InChI is InChI=1S/2C12H24O3.2C4H9.Sn/c2*1-2-3-4-5-6-7-8-9-10-11-12(13)15-14;2*1-3-4-2;/h2*14H,2-11H2,1H3;2*1,3-4H2,2H3;/q;;;;+2/p-2. The van der Waals surface area contributed by atoms with Crippen molar-refractivity contribution in [1.82, 2.24) is 0 Å². The van der Waals surface area contributed by atoms with Gasteiger partial charge in [-0.25, -0.2) is 0 Å². The first-order valence-corrected chi connectivity index (χ1v) is 20.4. The summed E-state index contributed by atoms with van der Waals surface area (Å²) in [5.74, 6) is -1.25. The third kappa shape index (κ3) is 47.8. The SMILES string of the molecule is CCCCCCCCCCCC(=O)O[O-].CCCCCCCCCCCC(=O)O[O-].CCC[CH2][Sn+2][CH2]CCC. The summed E-state index contributed by atoms with van der Waals surface area (Å²) in [5.41, 5.74) is 0. The van der Waals surface area contributed by atoms with Gasteiger partial charge in [-0.2, -0.15) is 0 Å². The maximum absolute atomic E-state index is 10.5. The zero-order valence-corrected chi connectivity index (χ0v) is 29.2. The van der Waals surface area contributed by atoms with Gasteiger partial charge in [-0.15, -0.1) is 0 Å². The molecule has 0 aromatic rings. The number of hydrogen-bond acceptors (Lipinski definition) is 6. The van der Waals surface area contributed by atoms with Crippen molar-refractivity contribution in [3.63, 3.8) is 0 Å². The molecule has 0 N–H and O–H groups in total. The van der Waals surface area contributed by atoms with E-state index >= 15 is 0 Å². The van der Waals surface area contributed by atoms with Gasteiger partial charge >= 0.3 is 69.5 Å². The van der Waals surface area contributed by atoms with Crippen molar-refractivity contribution in [2.24, 2.45) is 0 Å². The van der Waals surface area contributed by atoms with Crippen LogP contribution in [0.5, 0.6) is 0 Å². The Balaban J connectivity index is -0.000000516. The van der Waals surface area contributed by atoms with Crippen LogP contribution in [0.15, 0.2) is 0 Å². The molecule has 6 nitrogen and oxygen atoms in total. The molecule has 0 aromatic carbocycles. The van der Waals surface area contributed by atoms with Crippen molar-refractivity contribution < 1.29 is 29.9 Å². The number of unbranched alkanes of at least 4 members (excludes halogenated alkanes) is 18. The zero-order valence-electron chi connectivity index (χ0n) is 26.3. The van der Waals surface area contributed by atoms with E-state index in [0.717, 1.165) is 38.5 Å². The summed E-state index contributed by atoms with van der Waals surface area (Å²) in [5, 5.41) is 19.3. The first-order valence-electron chi connectivity index (χ1n) is 16.4. The first kappa shape index (κ1) is 43.1. The third-order valence-corrected chi connectivity index (χ3v) is 10.6. The Bertz CT molecular complexity index is 422. The molecule has 232 valence electrons. The van der Waals surface area contributed by atoms with E-state index in [1.54, 1.807) is 8.87 Å². The van der Waals surface area contributed by atoms with E-state index in [1.807, 2.05) is 0 Å². The molecule has 0 aliphatic heterocycles. The van der Waals surface area contributed by atoms with Gasteiger partial charge < -0.3 is 20.3 Å². The Morgan fingerprint density at radius 2 is 0.692 bits per heavy atom. The van der Waals surface area contributed by atoms with Gasteiger partial charge in [0.25, 0.3) is 11.9 Å². The number of carbonyl (C=O) groups is 2. The van der Waals surface area contributed by atoms with Crippen molar-refractivity contribution in [3.05, 3.63) is 0 Å². The van der Waals surface area contributed by atoms with E-state index in [1.165, 1.54) is 103 Å². The molecule has 0 rings (SSSR count). The molecule has 0 aliphatic rings. The van der Waals surface area contributed by atoms with Crippen LogP contribution in [-0.4, -0.2) is 33.1 Å². The Labute approximate surface area is 252 Å². The molecule has 0 spiro atoms. The second-order valence-corrected chi connectivity index (χ2v) is 14.8. The molecule has 0 unspecified atom stereocenters. The van der Waals surface area contributed by atoms with E-state index < -0.39 is 11.9 Å². The van der Waals surface area contributed by atoms with Crippen LogP contribution in [0.2, 0.25) is 8.87 Å². The van der Waals surface area contributed by atoms with Crippen molar-refractivity contribution >= 4 is 33.1 Å². The van der Waals surface area contributed by atoms with Crippen LogP contribution in [0.1, 0.15) is 182 Å². The van der Waals surface area contributed by atoms with Crippen LogP contribution in [0.3, 0.4) is 0 Å². The summed E-state index contributed by atoms with van der Waals surface area (Å²) in [6, 6.07) is 0. The number of rotatable bonds is 26. The van der Waals surface area contributed by atoms with Gasteiger partial charge in [-0.3, -0.25) is 9.59 Å². The van der Waals surface area contributed by atoms with Crippen LogP contribution in [0, 0.1) is 0 Å². The minimum absolute atomic E-state index is 0.149. The maximum atomic E-state index is 10.5. The Morgan fingerprint density at radius 1 is 0.436 bits per heavy atom. The molecule has 7 heteroatoms. The molecule has 0 aromatic heterocycles. The Hall–Kier alpha value is -0.341. The van der Waals surface area contributed by atoms with Crippen molar-refractivity contribution in [3.8, 4) is 0 Å². The fourth-order valence-corrected chi connectivity index (χ4v) is 8.13. The van der Waals surface area contributed by atoms with E-state index in [0.29, 0.717) is 0 Å². The van der Waals surface area contributed by atoms with Crippen LogP contribution >= 0.6 is 0 Å². The fraction of sp³-hybridized carbons (Fsp3) is 0.938. The molecule has 0 saturated heterocycles. The summed E-state index contributed by atoms with van der Waals surface area (Å²) in [7, 11) is 0. The van der Waals surface area contributed by atoms with Crippen LogP contribution in [-0.2, 0) is 19.4 Å². The predicted octanol–water partition coefficient (Wildman–Crippen LogP) is 8.58. The van der Waals surface area contributed by atoms with Gasteiger partial charge in [-0.1, -0.05) is 117 Å². The third-order valence-electron chi connectivity index (χ3n) is 6.57. The summed E-state index contributed by atoms with van der Waals surface area (Å²) in [6.45, 7) is 9.02. The molecule has 0 heterocycles. The molecular weight excluding hydrogens is 599 g/mol. The Morgan fingerprint density at radius 3 is 0.949 bits per heavy atom. The monoisotopic (exact) mass is 664 g/mol. The molecule has 0 atom stereocenters. The van der Waals surface area contributed by atoms with E-state index in [4.69, 9.17) is 0 Å². The van der Waals surface area contributed by atoms with Crippen LogP contribution < -0.4 is 10.5 Å². The fourth-order valence-electron chi connectivity index (χ4n) is 3.97. The minimum atomic E-state index is -0.627. The Kier molecular flexibility index (Phi) is 46.6. The summed E-state index contributed by atoms with van der Waals surface area (Å²) < 4.78 is 3.25. The number of hydrogen-bond donors (Lipinski definition) is 0. The van der Waals surface area contributed by atoms with Crippen LogP contribution in [0.25, 0.3) is 0 Å². The predicted molar refractivity (Wildman–Crippen MR) is 161 cm³/mol. The summed E-state index contributed by atoms with van der Waals surface area (Å²) in [4.78, 5) is 27.6. The molecule has 0 aliphatic carbocycles. The van der Waals surface area contributed by atoms with Gasteiger partial charge in [0.1, 0.15) is 0 Å². The second kappa shape index (κ2) is 42.1. The van der Waals surface area contributed by atoms with Crippen molar-refractivity contribution in [2.75, 3.05) is 0 Å². The molecule has 0 saturated carbocycles. The first-order chi connectivity index (χ1) is 19.0. The second-order valence-electron chi connectivity index (χ2n) is 10.5. The van der Waals surface area contributed by atoms with E-state index in [2.05, 4.69) is 37.5 Å². The normalized spacial score (nSPS) is 10.0. The molecule has 39 heavy (non-hydrogen) atoms. The quantitative estimate of drug-likeness (QED) is 0.0398. The van der Waals surface area contributed by atoms with Crippen molar-refractivity contribution in [1.29, 1.82) is 0 Å². The average molecular weight is 664 g/mol. The average Bonchev–Trinajstić information content (AvgIpc) is 2.95. The zero-order chi connectivity index (χ0) is 29.7. The van der Waals surface area contributed by atoms with Gasteiger partial charge in [0.2, 0.25) is 0 Å². The van der Waals surface area contributed by atoms with Gasteiger partial charge in [0.15, 0.2) is 0 Å². The van der Waals surface area contributed by atoms with E-state index in [-0.39, 0.29) is 34.0 Å². The molecule has 0 bridgehead atoms. The molecule has 0 amide bonds. The number of carbonyl (C=O) groups excluding carboxylic acids is 2. The summed E-state index contributed by atoms with van der Waals surface area (Å²) in [6.07, 6.45) is 28.1. The van der Waals surface area contributed by atoms with Gasteiger partial charge in [-0.05, 0) is 12.8 Å².